The number of nitrogens with two attached hydrogens (primary N) is 1. The second-order valence-electron chi connectivity index (χ2n) is 4.64. The van der Waals surface area contributed by atoms with Crippen LogP contribution < -0.4 is 10.6 Å². The molecule has 0 unspecified atom stereocenters. The molecule has 0 radical (unpaired) electrons. The quantitative estimate of drug-likeness (QED) is 0.367. The smallest absolute Gasteiger partial charge is 0.170 e. The molecule has 1 aromatic carbocycles. The maximum atomic E-state index is 14.2. The van der Waals surface area contributed by atoms with Gasteiger partial charge < -0.3 is 20.4 Å². The highest BCUT2D eigenvalue weighted by atomic mass is 19.1. The number of fused-ring (bicyclic) bond motifs is 1. The molecule has 1 aliphatic heterocycles. The van der Waals surface area contributed by atoms with Crippen LogP contribution in [0.15, 0.2) is 23.6 Å². The second-order valence-corrected chi connectivity index (χ2v) is 4.64. The van der Waals surface area contributed by atoms with Crippen molar-refractivity contribution in [1.29, 1.82) is 0 Å². The molecular weight excluding hydrogens is 282 g/mol. The molecule has 1 aromatic heterocycles. The number of aromatic nitrogens is 3. The van der Waals surface area contributed by atoms with E-state index in [9.17, 15) is 8.78 Å². The van der Waals surface area contributed by atoms with Crippen molar-refractivity contribution < 1.29 is 14.0 Å². The zero-order valence-electron chi connectivity index (χ0n) is 10.9. The maximum absolute atomic E-state index is 14.2. The number of benzene rings is 1. The zero-order valence-corrected chi connectivity index (χ0v) is 10.9. The van der Waals surface area contributed by atoms with Crippen molar-refractivity contribution in [1.82, 2.24) is 14.8 Å². The number of oxime groups is 1. The molecule has 0 spiro atoms. The molecule has 0 bridgehead atoms. The molecule has 0 aliphatic carbocycles. The predicted octanol–water partition coefficient (Wildman–Crippen LogP) is 0.671. The Kier molecular flexibility index (Phi) is 3.16. The van der Waals surface area contributed by atoms with Crippen molar-refractivity contribution in [2.24, 2.45) is 10.9 Å². The highest BCUT2D eigenvalue weighted by Gasteiger charge is 2.24. The number of rotatable bonds is 2. The van der Waals surface area contributed by atoms with Gasteiger partial charge in [-0.3, -0.25) is 0 Å². The molecule has 2 heterocycles. The Morgan fingerprint density at radius 3 is 2.67 bits per heavy atom. The first-order valence-electron chi connectivity index (χ1n) is 6.18. The maximum Gasteiger partial charge on any atom is 0.170 e. The van der Waals surface area contributed by atoms with Crippen LogP contribution in [0.1, 0.15) is 11.4 Å². The largest absolute Gasteiger partial charge is 0.409 e. The predicted molar refractivity (Wildman–Crippen MR) is 69.9 cm³/mol. The molecule has 110 valence electrons. The molecule has 0 amide bonds. The van der Waals surface area contributed by atoms with E-state index in [-0.39, 0.29) is 23.6 Å². The van der Waals surface area contributed by atoms with E-state index in [2.05, 4.69) is 15.4 Å². The number of hydrogen-bond acceptors (Lipinski definition) is 5. The summed E-state index contributed by atoms with van der Waals surface area (Å²) in [5, 5.41) is 19.0. The Labute approximate surface area is 118 Å². The fourth-order valence-electron chi connectivity index (χ4n) is 2.33. The van der Waals surface area contributed by atoms with Gasteiger partial charge in [0.1, 0.15) is 23.6 Å². The Morgan fingerprint density at radius 2 is 2.00 bits per heavy atom. The minimum Gasteiger partial charge on any atom is -0.409 e. The fraction of sp³-hybridized carbons (Fsp3) is 0.250. The van der Waals surface area contributed by atoms with Crippen molar-refractivity contribution in [3.63, 3.8) is 0 Å². The third kappa shape index (κ3) is 2.26. The summed E-state index contributed by atoms with van der Waals surface area (Å²) in [5.74, 6) is -1.26. The van der Waals surface area contributed by atoms with Gasteiger partial charge in [0.05, 0.1) is 6.54 Å². The lowest BCUT2D eigenvalue weighted by atomic mass is 10.1. The van der Waals surface area contributed by atoms with Gasteiger partial charge in [0.2, 0.25) is 0 Å². The molecule has 21 heavy (non-hydrogen) atoms. The zero-order chi connectivity index (χ0) is 15.0. The Bertz CT molecular complexity index is 691. The van der Waals surface area contributed by atoms with Gasteiger partial charge in [-0.05, 0) is 12.1 Å². The first kappa shape index (κ1) is 13.3. The van der Waals surface area contributed by atoms with E-state index in [1.165, 1.54) is 0 Å². The van der Waals surface area contributed by atoms with Crippen LogP contribution in [-0.4, -0.2) is 32.4 Å². The molecular formula is C12H12F2N6O. The van der Waals surface area contributed by atoms with Crippen molar-refractivity contribution in [3.8, 4) is 0 Å². The van der Waals surface area contributed by atoms with Gasteiger partial charge in [-0.1, -0.05) is 5.16 Å². The van der Waals surface area contributed by atoms with Crippen LogP contribution in [0.2, 0.25) is 0 Å². The average Bonchev–Trinajstić information content (AvgIpc) is 2.93. The molecule has 2 aromatic rings. The monoisotopic (exact) mass is 294 g/mol. The van der Waals surface area contributed by atoms with E-state index in [4.69, 9.17) is 10.9 Å². The normalized spacial score (nSPS) is 15.1. The molecule has 9 heteroatoms. The number of hydrogen-bond donors (Lipinski definition) is 2. The van der Waals surface area contributed by atoms with Crippen LogP contribution >= 0.6 is 0 Å². The Morgan fingerprint density at radius 1 is 1.29 bits per heavy atom. The topological polar surface area (TPSA) is 92.6 Å². The molecule has 0 fully saturated rings. The van der Waals surface area contributed by atoms with Crippen LogP contribution in [0.4, 0.5) is 14.5 Å². The van der Waals surface area contributed by atoms with Gasteiger partial charge in [0.15, 0.2) is 11.7 Å². The number of nitrogens with zero attached hydrogens (tertiary/aromatic N) is 5. The number of anilines is 1. The SMILES string of the molecule is N/C(=N/O)c1cc(F)c(N2CCn3cnnc3C2)c(F)c1. The summed E-state index contributed by atoms with van der Waals surface area (Å²) in [5.41, 5.74) is 5.17. The van der Waals surface area contributed by atoms with Crippen LogP contribution in [0.3, 0.4) is 0 Å². The summed E-state index contributed by atoms with van der Waals surface area (Å²) in [7, 11) is 0. The first-order chi connectivity index (χ1) is 10.1. The number of amidine groups is 1. The molecule has 0 saturated carbocycles. The number of halogens is 2. The van der Waals surface area contributed by atoms with Crippen LogP contribution in [-0.2, 0) is 13.1 Å². The van der Waals surface area contributed by atoms with Crippen LogP contribution in [0, 0.1) is 11.6 Å². The van der Waals surface area contributed by atoms with Gasteiger partial charge in [-0.2, -0.15) is 0 Å². The molecule has 1 aliphatic rings. The van der Waals surface area contributed by atoms with Gasteiger partial charge >= 0.3 is 0 Å². The van der Waals surface area contributed by atoms with E-state index in [0.29, 0.717) is 18.9 Å². The molecule has 0 saturated heterocycles. The lowest BCUT2D eigenvalue weighted by Gasteiger charge is -2.29. The minimum atomic E-state index is -0.774. The van der Waals surface area contributed by atoms with Crippen molar-refractivity contribution in [2.45, 2.75) is 13.1 Å². The van der Waals surface area contributed by atoms with E-state index in [0.717, 1.165) is 12.1 Å². The molecule has 3 rings (SSSR count). The summed E-state index contributed by atoms with van der Waals surface area (Å²) in [6.45, 7) is 1.24. The average molecular weight is 294 g/mol. The van der Waals surface area contributed by atoms with E-state index in [1.54, 1.807) is 11.2 Å². The molecule has 7 nitrogen and oxygen atoms in total. The summed E-state index contributed by atoms with van der Waals surface area (Å²) < 4.78 is 30.2. The third-order valence-corrected chi connectivity index (χ3v) is 3.38. The molecule has 3 N–H and O–H groups in total. The van der Waals surface area contributed by atoms with Crippen molar-refractivity contribution in [2.75, 3.05) is 11.4 Å². The van der Waals surface area contributed by atoms with Gasteiger partial charge in [-0.15, -0.1) is 10.2 Å². The van der Waals surface area contributed by atoms with Crippen molar-refractivity contribution in [3.05, 3.63) is 41.5 Å². The van der Waals surface area contributed by atoms with E-state index in [1.807, 2.05) is 4.57 Å². The van der Waals surface area contributed by atoms with Gasteiger partial charge in [-0.25, -0.2) is 8.78 Å². The standard InChI is InChI=1S/C12H12F2N6O/c13-8-3-7(12(15)18-21)4-9(14)11(8)19-1-2-20-6-16-17-10(20)5-19/h3-4,6,21H,1-2,5H2,(H2,15,18). The third-order valence-electron chi connectivity index (χ3n) is 3.38. The minimum absolute atomic E-state index is 0.0172. The molecule has 0 atom stereocenters. The van der Waals surface area contributed by atoms with E-state index >= 15 is 0 Å². The summed E-state index contributed by atoms with van der Waals surface area (Å²) in [6.07, 6.45) is 1.58. The summed E-state index contributed by atoms with van der Waals surface area (Å²) in [6, 6.07) is 2.07. The van der Waals surface area contributed by atoms with E-state index < -0.39 is 11.6 Å². The first-order valence-corrected chi connectivity index (χ1v) is 6.18. The summed E-state index contributed by atoms with van der Waals surface area (Å²) in [4.78, 5) is 1.55. The van der Waals surface area contributed by atoms with Crippen LogP contribution in [0.5, 0.6) is 0 Å². The van der Waals surface area contributed by atoms with Crippen LogP contribution in [0.25, 0.3) is 0 Å². The Balaban J connectivity index is 1.97. The summed E-state index contributed by atoms with van der Waals surface area (Å²) >= 11 is 0. The Hall–Kier alpha value is -2.71. The lowest BCUT2D eigenvalue weighted by Crippen LogP contribution is -2.35. The van der Waals surface area contributed by atoms with Crippen molar-refractivity contribution >= 4 is 11.5 Å². The second kappa shape index (κ2) is 5.00. The van der Waals surface area contributed by atoms with Gasteiger partial charge in [0, 0.05) is 18.7 Å². The highest BCUT2D eigenvalue weighted by molar-refractivity contribution is 5.97. The highest BCUT2D eigenvalue weighted by Crippen LogP contribution is 2.27. The van der Waals surface area contributed by atoms with Gasteiger partial charge in [0.25, 0.3) is 0 Å². The fourth-order valence-corrected chi connectivity index (χ4v) is 2.33. The lowest BCUT2D eigenvalue weighted by molar-refractivity contribution is 0.318.